The standard InChI is InChI=1S/C15H22N2O6S2/c1-5-23-15(19)10-24-9-14(18)16-12-8-11(6-7-13(12)22-4)25(20,21)17(2)3/h6-8H,5,9-10H2,1-4H3,(H,16,18). The number of benzene rings is 1. The molecule has 25 heavy (non-hydrogen) atoms. The van der Waals surface area contributed by atoms with Gasteiger partial charge >= 0.3 is 5.97 Å². The lowest BCUT2D eigenvalue weighted by atomic mass is 10.3. The number of carbonyl (C=O) groups is 2. The summed E-state index contributed by atoms with van der Waals surface area (Å²) in [5.41, 5.74) is 0.243. The molecule has 1 aromatic rings. The summed E-state index contributed by atoms with van der Waals surface area (Å²) >= 11 is 1.10. The zero-order valence-electron chi connectivity index (χ0n) is 14.6. The summed E-state index contributed by atoms with van der Waals surface area (Å²) < 4.78 is 35.4. The Balaban J connectivity index is 2.83. The second kappa shape index (κ2) is 9.64. The van der Waals surface area contributed by atoms with Crippen molar-refractivity contribution in [3.05, 3.63) is 18.2 Å². The SMILES string of the molecule is CCOC(=O)CSCC(=O)Nc1cc(S(=O)(=O)N(C)C)ccc1OC. The molecule has 0 aliphatic heterocycles. The van der Waals surface area contributed by atoms with Crippen molar-refractivity contribution >= 4 is 39.3 Å². The number of carbonyl (C=O) groups excluding carboxylic acids is 2. The van der Waals surface area contributed by atoms with E-state index in [9.17, 15) is 18.0 Å². The Labute approximate surface area is 151 Å². The molecule has 10 heteroatoms. The molecule has 0 heterocycles. The van der Waals surface area contributed by atoms with E-state index in [0.29, 0.717) is 5.75 Å². The molecule has 0 fully saturated rings. The minimum absolute atomic E-state index is 0.0205. The molecule has 8 nitrogen and oxygen atoms in total. The van der Waals surface area contributed by atoms with Gasteiger partial charge in [-0.05, 0) is 25.1 Å². The van der Waals surface area contributed by atoms with Crippen LogP contribution < -0.4 is 10.1 Å². The fourth-order valence-electron chi connectivity index (χ4n) is 1.77. The van der Waals surface area contributed by atoms with Crippen molar-refractivity contribution in [3.8, 4) is 5.75 Å². The first-order valence-electron chi connectivity index (χ1n) is 7.36. The van der Waals surface area contributed by atoms with Gasteiger partial charge in [-0.2, -0.15) is 0 Å². The molecule has 0 atom stereocenters. The summed E-state index contributed by atoms with van der Waals surface area (Å²) in [4.78, 5) is 23.3. The number of rotatable bonds is 9. The van der Waals surface area contributed by atoms with Gasteiger partial charge < -0.3 is 14.8 Å². The zero-order valence-corrected chi connectivity index (χ0v) is 16.2. The molecule has 0 bridgehead atoms. The van der Waals surface area contributed by atoms with E-state index in [2.05, 4.69) is 5.32 Å². The lowest BCUT2D eigenvalue weighted by Crippen LogP contribution is -2.22. The average Bonchev–Trinajstić information content (AvgIpc) is 2.54. The van der Waals surface area contributed by atoms with Gasteiger partial charge in [0.05, 0.1) is 35.8 Å². The molecule has 0 unspecified atom stereocenters. The van der Waals surface area contributed by atoms with Gasteiger partial charge in [0.1, 0.15) is 5.75 Å². The molecule has 1 rings (SSSR count). The van der Waals surface area contributed by atoms with Crippen LogP contribution in [0.5, 0.6) is 5.75 Å². The molecule has 0 aliphatic carbocycles. The quantitative estimate of drug-likeness (QED) is 0.632. The van der Waals surface area contributed by atoms with Crippen LogP contribution in [0.25, 0.3) is 0 Å². The molecule has 1 amide bonds. The molecule has 0 spiro atoms. The molecule has 0 aromatic heterocycles. The van der Waals surface area contributed by atoms with Gasteiger partial charge in [0, 0.05) is 14.1 Å². The highest BCUT2D eigenvalue weighted by atomic mass is 32.2. The van der Waals surface area contributed by atoms with Crippen LogP contribution in [0, 0.1) is 0 Å². The van der Waals surface area contributed by atoms with Crippen LogP contribution >= 0.6 is 11.8 Å². The van der Waals surface area contributed by atoms with Crippen molar-refractivity contribution in [2.24, 2.45) is 0 Å². The Morgan fingerprint density at radius 3 is 2.48 bits per heavy atom. The van der Waals surface area contributed by atoms with Crippen LogP contribution in [0.3, 0.4) is 0 Å². The van der Waals surface area contributed by atoms with Crippen molar-refractivity contribution in [1.29, 1.82) is 0 Å². The van der Waals surface area contributed by atoms with E-state index in [4.69, 9.17) is 9.47 Å². The van der Waals surface area contributed by atoms with E-state index in [-0.39, 0.29) is 34.6 Å². The highest BCUT2D eigenvalue weighted by Gasteiger charge is 2.20. The molecule has 0 saturated carbocycles. The van der Waals surface area contributed by atoms with Crippen LogP contribution in [0.4, 0.5) is 5.69 Å². The molecule has 1 N–H and O–H groups in total. The third-order valence-electron chi connectivity index (χ3n) is 2.98. The second-order valence-electron chi connectivity index (χ2n) is 5.00. The number of thioether (sulfide) groups is 1. The number of hydrogen-bond donors (Lipinski definition) is 1. The smallest absolute Gasteiger partial charge is 0.315 e. The highest BCUT2D eigenvalue weighted by Crippen LogP contribution is 2.28. The van der Waals surface area contributed by atoms with Gasteiger partial charge in [0.15, 0.2) is 0 Å². The van der Waals surface area contributed by atoms with Crippen molar-refractivity contribution in [2.45, 2.75) is 11.8 Å². The van der Waals surface area contributed by atoms with Gasteiger partial charge in [-0.3, -0.25) is 9.59 Å². The predicted octanol–water partition coefficient (Wildman–Crippen LogP) is 1.18. The molecule has 0 radical (unpaired) electrons. The maximum absolute atomic E-state index is 12.2. The third kappa shape index (κ3) is 6.22. The summed E-state index contributed by atoms with van der Waals surface area (Å²) in [5.74, 6) is -0.356. The summed E-state index contributed by atoms with van der Waals surface area (Å²) in [6.45, 7) is 1.99. The average molecular weight is 390 g/mol. The Hall–Kier alpha value is -1.78. The van der Waals surface area contributed by atoms with E-state index in [0.717, 1.165) is 16.1 Å². The number of anilines is 1. The number of nitrogens with one attached hydrogen (secondary N) is 1. The molecular formula is C15H22N2O6S2. The molecule has 1 aromatic carbocycles. The predicted molar refractivity (Wildman–Crippen MR) is 96.5 cm³/mol. The van der Waals surface area contributed by atoms with Crippen LogP contribution in [-0.4, -0.2) is 63.9 Å². The highest BCUT2D eigenvalue weighted by molar-refractivity contribution is 8.00. The first-order valence-corrected chi connectivity index (χ1v) is 9.95. The summed E-state index contributed by atoms with van der Waals surface area (Å²) in [5, 5.41) is 2.60. The van der Waals surface area contributed by atoms with Crippen LogP contribution in [0.15, 0.2) is 23.1 Å². The fourth-order valence-corrected chi connectivity index (χ4v) is 3.31. The first kappa shape index (κ1) is 21.3. The molecule has 140 valence electrons. The fraction of sp³-hybridized carbons (Fsp3) is 0.467. The lowest BCUT2D eigenvalue weighted by Gasteiger charge is -2.15. The van der Waals surface area contributed by atoms with Gasteiger partial charge in [-0.25, -0.2) is 12.7 Å². The first-order chi connectivity index (χ1) is 11.7. The second-order valence-corrected chi connectivity index (χ2v) is 8.13. The van der Waals surface area contributed by atoms with Crippen molar-refractivity contribution in [1.82, 2.24) is 4.31 Å². The minimum Gasteiger partial charge on any atom is -0.495 e. The van der Waals surface area contributed by atoms with E-state index in [1.807, 2.05) is 0 Å². The van der Waals surface area contributed by atoms with Crippen LogP contribution in [-0.2, 0) is 24.3 Å². The van der Waals surface area contributed by atoms with Gasteiger partial charge in [0.25, 0.3) is 0 Å². The maximum atomic E-state index is 12.2. The number of amides is 1. The zero-order chi connectivity index (χ0) is 19.0. The van der Waals surface area contributed by atoms with Crippen molar-refractivity contribution in [3.63, 3.8) is 0 Å². The minimum atomic E-state index is -3.63. The third-order valence-corrected chi connectivity index (χ3v) is 5.70. The Morgan fingerprint density at radius 2 is 1.92 bits per heavy atom. The van der Waals surface area contributed by atoms with Gasteiger partial charge in [-0.1, -0.05) is 0 Å². The van der Waals surface area contributed by atoms with E-state index < -0.39 is 16.0 Å². The van der Waals surface area contributed by atoms with Gasteiger partial charge in [0.2, 0.25) is 15.9 Å². The van der Waals surface area contributed by atoms with E-state index in [1.54, 1.807) is 6.92 Å². The maximum Gasteiger partial charge on any atom is 0.315 e. The number of sulfonamides is 1. The van der Waals surface area contributed by atoms with E-state index in [1.165, 1.54) is 39.4 Å². The Bertz CT molecular complexity index is 719. The molecule has 0 saturated heterocycles. The van der Waals surface area contributed by atoms with Crippen molar-refractivity contribution in [2.75, 3.05) is 44.6 Å². The monoisotopic (exact) mass is 390 g/mol. The molecule has 0 aliphatic rings. The summed E-state index contributed by atoms with van der Waals surface area (Å²) in [7, 11) is 0.624. The number of hydrogen-bond acceptors (Lipinski definition) is 7. The normalized spacial score (nSPS) is 11.2. The van der Waals surface area contributed by atoms with Gasteiger partial charge in [-0.15, -0.1) is 11.8 Å². The number of esters is 1. The molecular weight excluding hydrogens is 368 g/mol. The number of methoxy groups -OCH3 is 1. The van der Waals surface area contributed by atoms with E-state index >= 15 is 0 Å². The Kier molecular flexibility index (Phi) is 8.20. The summed E-state index contributed by atoms with van der Waals surface area (Å²) in [6, 6.07) is 4.21. The topological polar surface area (TPSA) is 102 Å². The number of ether oxygens (including phenoxy) is 2. The Morgan fingerprint density at radius 1 is 1.24 bits per heavy atom. The largest absolute Gasteiger partial charge is 0.495 e. The van der Waals surface area contributed by atoms with Crippen LogP contribution in [0.1, 0.15) is 6.92 Å². The summed E-state index contributed by atoms with van der Waals surface area (Å²) in [6.07, 6.45) is 0. The van der Waals surface area contributed by atoms with Crippen molar-refractivity contribution < 1.29 is 27.5 Å². The number of nitrogens with zero attached hydrogens (tertiary/aromatic N) is 1. The van der Waals surface area contributed by atoms with Crippen LogP contribution in [0.2, 0.25) is 0 Å². The lowest BCUT2D eigenvalue weighted by molar-refractivity contribution is -0.139.